The molecule has 0 spiro atoms. The summed E-state index contributed by atoms with van der Waals surface area (Å²) in [4.78, 5) is 22.2. The summed E-state index contributed by atoms with van der Waals surface area (Å²) < 4.78 is 11.0. The van der Waals surface area contributed by atoms with E-state index in [0.29, 0.717) is 5.76 Å². The highest BCUT2D eigenvalue weighted by molar-refractivity contribution is 5.84. The SMILES string of the molecule is COc1ccc2oc(C(C)NC(=O)CCC(=O)O)c(C)c2c1. The minimum atomic E-state index is -0.991. The van der Waals surface area contributed by atoms with Crippen molar-refractivity contribution in [3.8, 4) is 5.75 Å². The molecule has 0 fully saturated rings. The number of hydrogen-bond acceptors (Lipinski definition) is 4. The number of carbonyl (C=O) groups excluding carboxylic acids is 1. The normalized spacial score (nSPS) is 12.1. The van der Waals surface area contributed by atoms with E-state index in [2.05, 4.69) is 5.32 Å². The van der Waals surface area contributed by atoms with E-state index in [0.717, 1.165) is 22.3 Å². The molecule has 2 N–H and O–H groups in total. The molecule has 2 rings (SSSR count). The van der Waals surface area contributed by atoms with Gasteiger partial charge in [-0.25, -0.2) is 0 Å². The number of hydrogen-bond donors (Lipinski definition) is 2. The Morgan fingerprint density at radius 3 is 2.73 bits per heavy atom. The number of amides is 1. The number of nitrogens with one attached hydrogen (secondary N) is 1. The van der Waals surface area contributed by atoms with Crippen LogP contribution in [0.15, 0.2) is 22.6 Å². The summed E-state index contributed by atoms with van der Waals surface area (Å²) in [6.45, 7) is 3.72. The first kappa shape index (κ1) is 15.9. The Morgan fingerprint density at radius 1 is 1.36 bits per heavy atom. The van der Waals surface area contributed by atoms with Crippen molar-refractivity contribution < 1.29 is 23.8 Å². The number of furan rings is 1. The van der Waals surface area contributed by atoms with Gasteiger partial charge in [0.2, 0.25) is 5.91 Å². The second kappa shape index (κ2) is 6.51. The van der Waals surface area contributed by atoms with Gasteiger partial charge in [-0.2, -0.15) is 0 Å². The Balaban J connectivity index is 2.17. The third-order valence-corrected chi connectivity index (χ3v) is 3.52. The maximum atomic E-state index is 11.7. The van der Waals surface area contributed by atoms with Crippen LogP contribution in [0.1, 0.15) is 37.1 Å². The van der Waals surface area contributed by atoms with Crippen LogP contribution >= 0.6 is 0 Å². The topological polar surface area (TPSA) is 88.8 Å². The molecule has 1 amide bonds. The number of aryl methyl sites for hydroxylation is 1. The fraction of sp³-hybridized carbons (Fsp3) is 0.375. The molecular weight excluding hydrogens is 286 g/mol. The molecule has 22 heavy (non-hydrogen) atoms. The Labute approximate surface area is 128 Å². The molecule has 1 aromatic carbocycles. The van der Waals surface area contributed by atoms with Crippen LogP contribution in [0.25, 0.3) is 11.0 Å². The molecule has 0 saturated heterocycles. The lowest BCUT2D eigenvalue weighted by atomic mass is 10.1. The molecule has 1 aromatic heterocycles. The summed E-state index contributed by atoms with van der Waals surface area (Å²) in [5.41, 5.74) is 1.65. The van der Waals surface area contributed by atoms with E-state index < -0.39 is 5.97 Å². The van der Waals surface area contributed by atoms with Gasteiger partial charge in [0.25, 0.3) is 0 Å². The van der Waals surface area contributed by atoms with Crippen molar-refractivity contribution in [3.05, 3.63) is 29.5 Å². The quantitative estimate of drug-likeness (QED) is 0.856. The highest BCUT2D eigenvalue weighted by Gasteiger charge is 2.19. The van der Waals surface area contributed by atoms with Crippen molar-refractivity contribution >= 4 is 22.8 Å². The second-order valence-corrected chi connectivity index (χ2v) is 5.14. The molecule has 0 aliphatic carbocycles. The first-order valence-corrected chi connectivity index (χ1v) is 7.00. The summed E-state index contributed by atoms with van der Waals surface area (Å²) in [5, 5.41) is 12.3. The van der Waals surface area contributed by atoms with Crippen LogP contribution < -0.4 is 10.1 Å². The number of methoxy groups -OCH3 is 1. The summed E-state index contributed by atoms with van der Waals surface area (Å²) in [6.07, 6.45) is -0.234. The third kappa shape index (κ3) is 3.39. The summed E-state index contributed by atoms with van der Waals surface area (Å²) in [5.74, 6) is 0.0928. The Kier molecular flexibility index (Phi) is 4.70. The highest BCUT2D eigenvalue weighted by atomic mass is 16.5. The van der Waals surface area contributed by atoms with E-state index in [1.807, 2.05) is 25.1 Å². The van der Waals surface area contributed by atoms with Crippen molar-refractivity contribution in [1.29, 1.82) is 0 Å². The van der Waals surface area contributed by atoms with Gasteiger partial charge >= 0.3 is 5.97 Å². The Hall–Kier alpha value is -2.50. The number of aliphatic carboxylic acids is 1. The van der Waals surface area contributed by atoms with Crippen molar-refractivity contribution in [2.24, 2.45) is 0 Å². The average molecular weight is 305 g/mol. The van der Waals surface area contributed by atoms with Crippen molar-refractivity contribution in [1.82, 2.24) is 5.32 Å². The Bertz CT molecular complexity index is 704. The van der Waals surface area contributed by atoms with Gasteiger partial charge in [0.05, 0.1) is 19.6 Å². The van der Waals surface area contributed by atoms with E-state index in [1.54, 1.807) is 14.0 Å². The van der Waals surface area contributed by atoms with Gasteiger partial charge in [-0.05, 0) is 32.0 Å². The van der Waals surface area contributed by atoms with Crippen LogP contribution in [-0.2, 0) is 9.59 Å². The zero-order valence-electron chi connectivity index (χ0n) is 12.8. The fourth-order valence-electron chi connectivity index (χ4n) is 2.36. The lowest BCUT2D eigenvalue weighted by Crippen LogP contribution is -2.27. The van der Waals surface area contributed by atoms with E-state index in [-0.39, 0.29) is 24.8 Å². The van der Waals surface area contributed by atoms with Gasteiger partial charge in [-0.1, -0.05) is 0 Å². The molecule has 0 radical (unpaired) electrons. The van der Waals surface area contributed by atoms with Gasteiger partial charge in [-0.15, -0.1) is 0 Å². The zero-order valence-corrected chi connectivity index (χ0v) is 12.8. The molecule has 118 valence electrons. The standard InChI is InChI=1S/C16H19NO5/c1-9-12-8-11(21-3)4-5-13(12)22-16(9)10(2)17-14(18)6-7-15(19)20/h4-5,8,10H,6-7H2,1-3H3,(H,17,18)(H,19,20). The minimum Gasteiger partial charge on any atom is -0.497 e. The molecular formula is C16H19NO5. The summed E-state index contributed by atoms with van der Waals surface area (Å²) in [7, 11) is 1.60. The van der Waals surface area contributed by atoms with E-state index in [1.165, 1.54) is 0 Å². The number of carboxylic acids is 1. The fourth-order valence-corrected chi connectivity index (χ4v) is 2.36. The molecule has 2 aromatic rings. The largest absolute Gasteiger partial charge is 0.497 e. The summed E-state index contributed by atoms with van der Waals surface area (Å²) in [6, 6.07) is 5.19. The number of ether oxygens (including phenoxy) is 1. The number of benzene rings is 1. The first-order chi connectivity index (χ1) is 10.4. The number of carboxylic acid groups (broad SMARTS) is 1. The van der Waals surface area contributed by atoms with Crippen LogP contribution in [-0.4, -0.2) is 24.1 Å². The lowest BCUT2D eigenvalue weighted by molar-refractivity contribution is -0.138. The molecule has 1 unspecified atom stereocenters. The third-order valence-electron chi connectivity index (χ3n) is 3.52. The molecule has 6 heteroatoms. The average Bonchev–Trinajstić information content (AvgIpc) is 2.82. The highest BCUT2D eigenvalue weighted by Crippen LogP contribution is 2.31. The van der Waals surface area contributed by atoms with E-state index in [9.17, 15) is 9.59 Å². The summed E-state index contributed by atoms with van der Waals surface area (Å²) >= 11 is 0. The van der Waals surface area contributed by atoms with Gasteiger partial charge in [0, 0.05) is 17.4 Å². The Morgan fingerprint density at radius 2 is 2.09 bits per heavy atom. The monoisotopic (exact) mass is 305 g/mol. The van der Waals surface area contributed by atoms with Gasteiger partial charge in [-0.3, -0.25) is 9.59 Å². The molecule has 1 heterocycles. The van der Waals surface area contributed by atoms with Crippen LogP contribution in [0, 0.1) is 6.92 Å². The zero-order chi connectivity index (χ0) is 16.3. The van der Waals surface area contributed by atoms with Gasteiger partial charge in [0.15, 0.2) is 0 Å². The maximum Gasteiger partial charge on any atom is 0.303 e. The first-order valence-electron chi connectivity index (χ1n) is 7.00. The van der Waals surface area contributed by atoms with Crippen molar-refractivity contribution in [2.75, 3.05) is 7.11 Å². The van der Waals surface area contributed by atoms with Crippen LogP contribution in [0.5, 0.6) is 5.75 Å². The predicted octanol–water partition coefficient (Wildman–Crippen LogP) is 2.79. The van der Waals surface area contributed by atoms with Crippen molar-refractivity contribution in [3.63, 3.8) is 0 Å². The number of fused-ring (bicyclic) bond motifs is 1. The molecule has 1 atom stereocenters. The van der Waals surface area contributed by atoms with Crippen LogP contribution in [0.3, 0.4) is 0 Å². The minimum absolute atomic E-state index is 0.0488. The number of rotatable bonds is 6. The lowest BCUT2D eigenvalue weighted by Gasteiger charge is -2.12. The molecule has 0 bridgehead atoms. The molecule has 6 nitrogen and oxygen atoms in total. The van der Waals surface area contributed by atoms with Gasteiger partial charge in [0.1, 0.15) is 17.1 Å². The van der Waals surface area contributed by atoms with E-state index in [4.69, 9.17) is 14.3 Å². The van der Waals surface area contributed by atoms with Crippen LogP contribution in [0.2, 0.25) is 0 Å². The smallest absolute Gasteiger partial charge is 0.303 e. The molecule has 0 aliphatic heterocycles. The van der Waals surface area contributed by atoms with Gasteiger partial charge < -0.3 is 19.6 Å². The second-order valence-electron chi connectivity index (χ2n) is 5.14. The van der Waals surface area contributed by atoms with E-state index >= 15 is 0 Å². The molecule has 0 saturated carbocycles. The van der Waals surface area contributed by atoms with Crippen molar-refractivity contribution in [2.45, 2.75) is 32.7 Å². The number of carbonyl (C=O) groups is 2. The maximum absolute atomic E-state index is 11.7. The molecule has 0 aliphatic rings. The predicted molar refractivity (Wildman–Crippen MR) is 80.9 cm³/mol. The van der Waals surface area contributed by atoms with Crippen LogP contribution in [0.4, 0.5) is 0 Å².